The molecule has 0 radical (unpaired) electrons. The molecular formula is C25H20N+. The van der Waals surface area contributed by atoms with Crippen molar-refractivity contribution in [1.29, 1.82) is 0 Å². The molecule has 0 saturated carbocycles. The van der Waals surface area contributed by atoms with E-state index in [9.17, 15) is 0 Å². The van der Waals surface area contributed by atoms with Gasteiger partial charge >= 0.3 is 0 Å². The molecule has 0 fully saturated rings. The van der Waals surface area contributed by atoms with E-state index in [2.05, 4.69) is 103 Å². The van der Waals surface area contributed by atoms with E-state index in [0.29, 0.717) is 0 Å². The summed E-state index contributed by atoms with van der Waals surface area (Å²) in [5, 5.41) is 6.54. The van der Waals surface area contributed by atoms with Gasteiger partial charge in [-0.15, -0.1) is 0 Å². The number of para-hydroxylation sites is 1. The minimum atomic E-state index is 1.25. The van der Waals surface area contributed by atoms with Crippen LogP contribution in [-0.4, -0.2) is 0 Å². The molecule has 0 unspecified atom stereocenters. The number of hydrogen-bond acceptors (Lipinski definition) is 0. The summed E-state index contributed by atoms with van der Waals surface area (Å²) in [5.41, 5.74) is 5.13. The third-order valence-electron chi connectivity index (χ3n) is 5.53. The zero-order chi connectivity index (χ0) is 17.7. The van der Waals surface area contributed by atoms with Gasteiger partial charge in [0, 0.05) is 23.1 Å². The highest BCUT2D eigenvalue weighted by atomic mass is 14.9. The maximum atomic E-state index is 2.30. The third kappa shape index (κ3) is 2.14. The monoisotopic (exact) mass is 334 g/mol. The fraction of sp³-hybridized carbons (Fsp3) is 0.0800. The van der Waals surface area contributed by atoms with Crippen LogP contribution in [0.15, 0.2) is 84.9 Å². The zero-order valence-electron chi connectivity index (χ0n) is 15.0. The number of hydrogen-bond donors (Lipinski definition) is 0. The lowest BCUT2D eigenvalue weighted by atomic mass is 9.93. The lowest BCUT2D eigenvalue weighted by Crippen LogP contribution is -2.32. The summed E-state index contributed by atoms with van der Waals surface area (Å²) in [4.78, 5) is 0. The first-order valence-corrected chi connectivity index (χ1v) is 9.03. The van der Waals surface area contributed by atoms with Gasteiger partial charge < -0.3 is 0 Å². The molecule has 1 nitrogen and oxygen atoms in total. The van der Waals surface area contributed by atoms with Crippen molar-refractivity contribution in [1.82, 2.24) is 0 Å². The SMILES string of the molecule is Cc1c(-c2ccc3ccccc3[n+]2C)ccc2ccc3ccccc3c12. The molecule has 26 heavy (non-hydrogen) atoms. The van der Waals surface area contributed by atoms with E-state index >= 15 is 0 Å². The fourth-order valence-electron chi connectivity index (χ4n) is 4.17. The van der Waals surface area contributed by atoms with Gasteiger partial charge in [-0.3, -0.25) is 0 Å². The van der Waals surface area contributed by atoms with E-state index in [1.807, 2.05) is 0 Å². The van der Waals surface area contributed by atoms with Gasteiger partial charge in [-0.1, -0.05) is 54.6 Å². The highest BCUT2D eigenvalue weighted by Gasteiger charge is 2.17. The number of aryl methyl sites for hydroxylation is 2. The topological polar surface area (TPSA) is 3.88 Å². The van der Waals surface area contributed by atoms with E-state index < -0.39 is 0 Å². The average Bonchev–Trinajstić information content (AvgIpc) is 2.69. The molecule has 0 amide bonds. The van der Waals surface area contributed by atoms with Crippen LogP contribution in [0.1, 0.15) is 5.56 Å². The Balaban J connectivity index is 1.87. The first-order valence-electron chi connectivity index (χ1n) is 9.03. The molecule has 1 aromatic heterocycles. The Labute approximate surface area is 153 Å². The molecule has 4 aromatic carbocycles. The highest BCUT2D eigenvalue weighted by molar-refractivity contribution is 6.10. The molecule has 0 N–H and O–H groups in total. The van der Waals surface area contributed by atoms with E-state index in [-0.39, 0.29) is 0 Å². The van der Waals surface area contributed by atoms with E-state index in [4.69, 9.17) is 0 Å². The lowest BCUT2D eigenvalue weighted by molar-refractivity contribution is -0.633. The van der Waals surface area contributed by atoms with E-state index in [0.717, 1.165) is 0 Å². The number of rotatable bonds is 1. The molecule has 5 rings (SSSR count). The second-order valence-electron chi connectivity index (χ2n) is 6.96. The van der Waals surface area contributed by atoms with Crippen molar-refractivity contribution >= 4 is 32.4 Å². The Morgan fingerprint density at radius 2 is 1.27 bits per heavy atom. The van der Waals surface area contributed by atoms with Crippen LogP contribution in [0.5, 0.6) is 0 Å². The van der Waals surface area contributed by atoms with Gasteiger partial charge in [-0.2, -0.15) is 4.57 Å². The summed E-state index contributed by atoms with van der Waals surface area (Å²) >= 11 is 0. The number of pyridine rings is 1. The summed E-state index contributed by atoms with van der Waals surface area (Å²) in [5.74, 6) is 0. The molecular weight excluding hydrogens is 314 g/mol. The fourth-order valence-corrected chi connectivity index (χ4v) is 4.17. The van der Waals surface area contributed by atoms with E-state index in [1.165, 1.54) is 49.3 Å². The van der Waals surface area contributed by atoms with Crippen LogP contribution in [0.4, 0.5) is 0 Å². The third-order valence-corrected chi connectivity index (χ3v) is 5.53. The summed E-state index contributed by atoms with van der Waals surface area (Å²) in [6.45, 7) is 2.25. The number of fused-ring (bicyclic) bond motifs is 4. The van der Waals surface area contributed by atoms with Crippen LogP contribution in [0.3, 0.4) is 0 Å². The maximum Gasteiger partial charge on any atom is 0.213 e. The number of nitrogens with zero attached hydrogens (tertiary/aromatic N) is 1. The van der Waals surface area contributed by atoms with Crippen molar-refractivity contribution in [2.75, 3.05) is 0 Å². The Morgan fingerprint density at radius 1 is 0.615 bits per heavy atom. The van der Waals surface area contributed by atoms with Gasteiger partial charge in [-0.05, 0) is 52.2 Å². The van der Waals surface area contributed by atoms with E-state index in [1.54, 1.807) is 0 Å². The molecule has 0 bridgehead atoms. The minimum Gasteiger partial charge on any atom is -0.194 e. The second-order valence-corrected chi connectivity index (χ2v) is 6.96. The maximum absolute atomic E-state index is 2.30. The molecule has 5 aromatic rings. The Morgan fingerprint density at radius 3 is 2.15 bits per heavy atom. The van der Waals surface area contributed by atoms with Gasteiger partial charge in [0.15, 0.2) is 0 Å². The standard InChI is InChI=1S/C25H20N/c1-17-21(24-16-14-19-8-4-6-10-23(19)26(24)2)15-13-20-12-11-18-7-3-5-9-22(18)25(17)20/h3-16H,1-2H3/q+1. The molecule has 0 aliphatic rings. The minimum absolute atomic E-state index is 1.25. The quantitative estimate of drug-likeness (QED) is 0.263. The number of benzene rings is 4. The molecule has 0 aliphatic heterocycles. The van der Waals surface area contributed by atoms with Crippen LogP contribution in [0.25, 0.3) is 43.7 Å². The molecule has 0 saturated heterocycles. The van der Waals surface area contributed by atoms with Crippen molar-refractivity contribution in [2.45, 2.75) is 6.92 Å². The normalized spacial score (nSPS) is 11.5. The van der Waals surface area contributed by atoms with Gasteiger partial charge in [0.2, 0.25) is 11.2 Å². The van der Waals surface area contributed by atoms with Crippen LogP contribution in [-0.2, 0) is 7.05 Å². The molecule has 124 valence electrons. The molecule has 0 atom stereocenters. The summed E-state index contributed by atoms with van der Waals surface area (Å²) < 4.78 is 2.30. The van der Waals surface area contributed by atoms with Crippen molar-refractivity contribution < 1.29 is 4.57 Å². The van der Waals surface area contributed by atoms with Crippen LogP contribution in [0, 0.1) is 6.92 Å². The lowest BCUT2D eigenvalue weighted by Gasteiger charge is -2.12. The van der Waals surface area contributed by atoms with Crippen molar-refractivity contribution in [3.8, 4) is 11.3 Å². The first-order chi connectivity index (χ1) is 12.7. The average molecular weight is 334 g/mol. The van der Waals surface area contributed by atoms with Crippen molar-refractivity contribution in [3.05, 3.63) is 90.5 Å². The predicted molar refractivity (Wildman–Crippen MR) is 110 cm³/mol. The Hall–Kier alpha value is -3.19. The smallest absolute Gasteiger partial charge is 0.194 e. The van der Waals surface area contributed by atoms with Gasteiger partial charge in [0.1, 0.15) is 7.05 Å². The van der Waals surface area contributed by atoms with Crippen LogP contribution < -0.4 is 4.57 Å². The molecule has 1 heterocycles. The highest BCUT2D eigenvalue weighted by Crippen LogP contribution is 2.33. The van der Waals surface area contributed by atoms with Gasteiger partial charge in [0.05, 0.1) is 0 Å². The van der Waals surface area contributed by atoms with Crippen LogP contribution in [0.2, 0.25) is 0 Å². The van der Waals surface area contributed by atoms with Crippen molar-refractivity contribution in [3.63, 3.8) is 0 Å². The zero-order valence-corrected chi connectivity index (χ0v) is 15.0. The Bertz CT molecular complexity index is 1300. The van der Waals surface area contributed by atoms with Gasteiger partial charge in [-0.25, -0.2) is 0 Å². The summed E-state index contributed by atoms with van der Waals surface area (Å²) in [6.07, 6.45) is 0. The number of aromatic nitrogens is 1. The molecule has 0 spiro atoms. The Kier molecular flexibility index (Phi) is 3.29. The van der Waals surface area contributed by atoms with Crippen molar-refractivity contribution in [2.24, 2.45) is 7.05 Å². The predicted octanol–water partition coefficient (Wildman–Crippen LogP) is 5.95. The summed E-state index contributed by atoms with van der Waals surface area (Å²) in [7, 11) is 2.16. The molecule has 0 aliphatic carbocycles. The first kappa shape index (κ1) is 15.1. The summed E-state index contributed by atoms with van der Waals surface area (Å²) in [6, 6.07) is 30.6. The molecule has 1 heteroatoms. The van der Waals surface area contributed by atoms with Crippen LogP contribution >= 0.6 is 0 Å². The second kappa shape index (κ2) is 5.67. The van der Waals surface area contributed by atoms with Gasteiger partial charge in [0.25, 0.3) is 0 Å². The largest absolute Gasteiger partial charge is 0.213 e.